The summed E-state index contributed by atoms with van der Waals surface area (Å²) in [6.45, 7) is 1.89. The fourth-order valence-electron chi connectivity index (χ4n) is 1.20. The molecule has 0 saturated carbocycles. The quantitative estimate of drug-likeness (QED) is 0.612. The van der Waals surface area contributed by atoms with E-state index in [2.05, 4.69) is 20.7 Å². The Labute approximate surface area is 96.3 Å². The summed E-state index contributed by atoms with van der Waals surface area (Å²) in [6.07, 6.45) is 0. The van der Waals surface area contributed by atoms with Gasteiger partial charge in [0.2, 0.25) is 0 Å². The van der Waals surface area contributed by atoms with Gasteiger partial charge in [-0.05, 0) is 30.2 Å². The lowest BCUT2D eigenvalue weighted by Gasteiger charge is -2.08. The van der Waals surface area contributed by atoms with Crippen molar-refractivity contribution in [2.45, 2.75) is 12.3 Å². The molecule has 1 aromatic carbocycles. The van der Waals surface area contributed by atoms with Crippen LogP contribution in [0.25, 0.3) is 0 Å². The summed E-state index contributed by atoms with van der Waals surface area (Å²) < 4.78 is 4.67. The van der Waals surface area contributed by atoms with Crippen molar-refractivity contribution in [1.82, 2.24) is 0 Å². The molecular weight excluding hydrogens is 267 g/mol. The largest absolute Gasteiger partial charge is 0.465 e. The van der Waals surface area contributed by atoms with Gasteiger partial charge < -0.3 is 4.74 Å². The molecule has 4 heteroatoms. The Bertz CT molecular complexity index is 363. The first-order chi connectivity index (χ1) is 6.60. The van der Waals surface area contributed by atoms with Gasteiger partial charge in [0.05, 0.1) is 12.7 Å². The van der Waals surface area contributed by atoms with Crippen molar-refractivity contribution in [3.63, 3.8) is 0 Å². The molecule has 0 heterocycles. The van der Waals surface area contributed by atoms with Crippen molar-refractivity contribution >= 4 is 33.5 Å². The normalized spacial score (nSPS) is 10.0. The van der Waals surface area contributed by atoms with Crippen LogP contribution in [0.5, 0.6) is 0 Å². The lowest BCUT2D eigenvalue weighted by molar-refractivity contribution is 0.0599. The molecule has 0 radical (unpaired) electrons. The van der Waals surface area contributed by atoms with Gasteiger partial charge in [0.25, 0.3) is 0 Å². The first-order valence-electron chi connectivity index (χ1n) is 4.03. The van der Waals surface area contributed by atoms with Crippen LogP contribution in [0.4, 0.5) is 0 Å². The number of ether oxygens (including phenoxy) is 1. The SMILES string of the molecule is COC(=O)c1cc(C)cc(Cl)c1CBr. The van der Waals surface area contributed by atoms with Crippen molar-refractivity contribution in [3.05, 3.63) is 33.8 Å². The van der Waals surface area contributed by atoms with Gasteiger partial charge in [0.15, 0.2) is 0 Å². The molecule has 0 fully saturated rings. The third-order valence-electron chi connectivity index (χ3n) is 1.88. The number of rotatable bonds is 2. The minimum Gasteiger partial charge on any atom is -0.465 e. The molecule has 14 heavy (non-hydrogen) atoms. The van der Waals surface area contributed by atoms with Crippen molar-refractivity contribution in [3.8, 4) is 0 Å². The summed E-state index contributed by atoms with van der Waals surface area (Å²) in [7, 11) is 1.36. The van der Waals surface area contributed by atoms with Crippen LogP contribution >= 0.6 is 27.5 Å². The van der Waals surface area contributed by atoms with Crippen LogP contribution in [-0.2, 0) is 10.1 Å². The van der Waals surface area contributed by atoms with E-state index in [4.69, 9.17) is 11.6 Å². The highest BCUT2D eigenvalue weighted by Crippen LogP contribution is 2.25. The van der Waals surface area contributed by atoms with Gasteiger partial charge in [-0.15, -0.1) is 0 Å². The van der Waals surface area contributed by atoms with Crippen molar-refractivity contribution in [2.24, 2.45) is 0 Å². The molecule has 0 aliphatic heterocycles. The monoisotopic (exact) mass is 276 g/mol. The Kier molecular flexibility index (Phi) is 3.96. The van der Waals surface area contributed by atoms with Gasteiger partial charge in [-0.1, -0.05) is 27.5 Å². The zero-order valence-corrected chi connectivity index (χ0v) is 10.3. The first-order valence-corrected chi connectivity index (χ1v) is 5.53. The second-order valence-electron chi connectivity index (χ2n) is 2.90. The second kappa shape index (κ2) is 4.80. The Morgan fingerprint density at radius 2 is 2.21 bits per heavy atom. The van der Waals surface area contributed by atoms with Crippen LogP contribution in [0.15, 0.2) is 12.1 Å². The van der Waals surface area contributed by atoms with Gasteiger partial charge in [-0.3, -0.25) is 0 Å². The molecule has 0 atom stereocenters. The van der Waals surface area contributed by atoms with Crippen LogP contribution in [0.3, 0.4) is 0 Å². The van der Waals surface area contributed by atoms with Gasteiger partial charge in [0.1, 0.15) is 0 Å². The molecule has 0 amide bonds. The summed E-state index contributed by atoms with van der Waals surface area (Å²) in [5, 5.41) is 1.12. The molecule has 0 aliphatic rings. The summed E-state index contributed by atoms with van der Waals surface area (Å²) in [4.78, 5) is 11.4. The molecule has 76 valence electrons. The first kappa shape index (κ1) is 11.5. The molecule has 0 bridgehead atoms. The Balaban J connectivity index is 3.32. The third kappa shape index (κ3) is 2.28. The van der Waals surface area contributed by atoms with Crippen molar-refractivity contribution in [2.75, 3.05) is 7.11 Å². The van der Waals surface area contributed by atoms with Crippen LogP contribution in [0, 0.1) is 6.92 Å². The van der Waals surface area contributed by atoms with E-state index in [0.29, 0.717) is 15.9 Å². The molecule has 1 rings (SSSR count). The highest BCUT2D eigenvalue weighted by Gasteiger charge is 2.14. The standard InChI is InChI=1S/C10H10BrClO2/c1-6-3-7(10(13)14-2)8(5-11)9(12)4-6/h3-4H,5H2,1-2H3. The summed E-state index contributed by atoms with van der Waals surface area (Å²) in [6, 6.07) is 3.60. The molecular formula is C10H10BrClO2. The highest BCUT2D eigenvalue weighted by atomic mass is 79.9. The van der Waals surface area contributed by atoms with E-state index in [1.807, 2.05) is 13.0 Å². The molecule has 0 unspecified atom stereocenters. The molecule has 0 aromatic heterocycles. The number of aryl methyl sites for hydroxylation is 1. The number of carbonyl (C=O) groups excluding carboxylic acids is 1. The smallest absolute Gasteiger partial charge is 0.338 e. The number of benzene rings is 1. The number of hydrogen-bond donors (Lipinski definition) is 0. The molecule has 0 spiro atoms. The van der Waals surface area contributed by atoms with Crippen LogP contribution in [-0.4, -0.2) is 13.1 Å². The van der Waals surface area contributed by atoms with E-state index in [1.165, 1.54) is 7.11 Å². The predicted molar refractivity (Wildman–Crippen MR) is 60.2 cm³/mol. The molecule has 0 N–H and O–H groups in total. The average molecular weight is 278 g/mol. The summed E-state index contributed by atoms with van der Waals surface area (Å²) in [5.41, 5.74) is 2.23. The Morgan fingerprint density at radius 3 is 2.71 bits per heavy atom. The number of carbonyl (C=O) groups is 1. The van der Waals surface area contributed by atoms with Crippen LogP contribution in [0.2, 0.25) is 5.02 Å². The van der Waals surface area contributed by atoms with Crippen molar-refractivity contribution in [1.29, 1.82) is 0 Å². The minimum atomic E-state index is -0.356. The fourth-order valence-corrected chi connectivity index (χ4v) is 2.31. The number of hydrogen-bond acceptors (Lipinski definition) is 2. The van der Waals surface area contributed by atoms with Gasteiger partial charge in [-0.25, -0.2) is 4.79 Å². The zero-order chi connectivity index (χ0) is 10.7. The molecule has 1 aromatic rings. The number of alkyl halides is 1. The van der Waals surface area contributed by atoms with E-state index in [-0.39, 0.29) is 5.97 Å². The maximum atomic E-state index is 11.4. The fraction of sp³-hybridized carbons (Fsp3) is 0.300. The molecule has 0 saturated heterocycles. The Morgan fingerprint density at radius 1 is 1.57 bits per heavy atom. The van der Waals surface area contributed by atoms with Crippen LogP contribution in [0.1, 0.15) is 21.5 Å². The second-order valence-corrected chi connectivity index (χ2v) is 3.87. The van der Waals surface area contributed by atoms with Crippen LogP contribution < -0.4 is 0 Å². The summed E-state index contributed by atoms with van der Waals surface area (Å²) >= 11 is 9.29. The van der Waals surface area contributed by atoms with E-state index >= 15 is 0 Å². The highest BCUT2D eigenvalue weighted by molar-refractivity contribution is 9.08. The number of esters is 1. The minimum absolute atomic E-state index is 0.356. The van der Waals surface area contributed by atoms with E-state index < -0.39 is 0 Å². The topological polar surface area (TPSA) is 26.3 Å². The number of methoxy groups -OCH3 is 1. The van der Waals surface area contributed by atoms with Gasteiger partial charge >= 0.3 is 5.97 Å². The predicted octanol–water partition coefficient (Wildman–Crippen LogP) is 3.33. The average Bonchev–Trinajstić information content (AvgIpc) is 2.15. The maximum absolute atomic E-state index is 11.4. The molecule has 0 aliphatic carbocycles. The lowest BCUT2D eigenvalue weighted by Crippen LogP contribution is -2.05. The molecule has 2 nitrogen and oxygen atoms in total. The number of halogens is 2. The lowest BCUT2D eigenvalue weighted by atomic mass is 10.1. The third-order valence-corrected chi connectivity index (χ3v) is 2.78. The van der Waals surface area contributed by atoms with E-state index in [1.54, 1.807) is 6.07 Å². The van der Waals surface area contributed by atoms with E-state index in [9.17, 15) is 4.79 Å². The Hall–Kier alpha value is -0.540. The van der Waals surface area contributed by atoms with E-state index in [0.717, 1.165) is 11.1 Å². The zero-order valence-electron chi connectivity index (χ0n) is 7.93. The van der Waals surface area contributed by atoms with Gasteiger partial charge in [-0.2, -0.15) is 0 Å². The van der Waals surface area contributed by atoms with Gasteiger partial charge in [0, 0.05) is 10.4 Å². The summed E-state index contributed by atoms with van der Waals surface area (Å²) in [5.74, 6) is -0.356. The van der Waals surface area contributed by atoms with Crippen molar-refractivity contribution < 1.29 is 9.53 Å². The maximum Gasteiger partial charge on any atom is 0.338 e.